The van der Waals surface area contributed by atoms with Crippen molar-refractivity contribution >= 4 is 21.6 Å². The lowest BCUT2D eigenvalue weighted by Crippen LogP contribution is -2.40. The summed E-state index contributed by atoms with van der Waals surface area (Å²) in [6.07, 6.45) is 3.69. The van der Waals surface area contributed by atoms with E-state index >= 15 is 0 Å². The number of aryl methyl sites for hydroxylation is 1. The SMILES string of the molecule is CS(=O)(=O)N(CC(=O)NCCCc1ccco1)c1ccc(F)c(F)c1. The van der Waals surface area contributed by atoms with Crippen LogP contribution in [0, 0.1) is 11.6 Å². The number of rotatable bonds is 8. The van der Waals surface area contributed by atoms with Gasteiger partial charge in [-0.25, -0.2) is 17.2 Å². The number of halogens is 2. The van der Waals surface area contributed by atoms with Crippen molar-refractivity contribution in [3.63, 3.8) is 0 Å². The van der Waals surface area contributed by atoms with Gasteiger partial charge in [-0.05, 0) is 30.7 Å². The molecular formula is C16H18F2N2O4S. The number of carbonyl (C=O) groups is 1. The predicted molar refractivity (Wildman–Crippen MR) is 88.6 cm³/mol. The van der Waals surface area contributed by atoms with Gasteiger partial charge >= 0.3 is 0 Å². The standard InChI is InChI=1S/C16H18F2N2O4S/c1-25(22,23)20(12-6-7-14(17)15(18)10-12)11-16(21)19-8-2-4-13-5-3-9-24-13/h3,5-7,9-10H,2,4,8,11H2,1H3,(H,19,21). The van der Waals surface area contributed by atoms with Crippen molar-refractivity contribution in [2.24, 2.45) is 0 Å². The lowest BCUT2D eigenvalue weighted by Gasteiger charge is -2.22. The summed E-state index contributed by atoms with van der Waals surface area (Å²) in [4.78, 5) is 12.0. The smallest absolute Gasteiger partial charge is 0.240 e. The van der Waals surface area contributed by atoms with Gasteiger partial charge in [0.05, 0.1) is 18.2 Å². The molecule has 0 aliphatic heterocycles. The topological polar surface area (TPSA) is 79.6 Å². The summed E-state index contributed by atoms with van der Waals surface area (Å²) in [6, 6.07) is 6.23. The van der Waals surface area contributed by atoms with E-state index in [9.17, 15) is 22.0 Å². The average Bonchev–Trinajstić information content (AvgIpc) is 3.04. The first-order valence-electron chi connectivity index (χ1n) is 7.49. The van der Waals surface area contributed by atoms with E-state index in [1.165, 1.54) is 0 Å². The summed E-state index contributed by atoms with van der Waals surface area (Å²) in [5.74, 6) is -2.05. The highest BCUT2D eigenvalue weighted by molar-refractivity contribution is 7.92. The minimum Gasteiger partial charge on any atom is -0.469 e. The molecule has 0 fully saturated rings. The zero-order chi connectivity index (χ0) is 18.4. The Kier molecular flexibility index (Phi) is 6.13. The Balaban J connectivity index is 1.94. The third kappa shape index (κ3) is 5.56. The van der Waals surface area contributed by atoms with Gasteiger partial charge in [-0.2, -0.15) is 0 Å². The second-order valence-electron chi connectivity index (χ2n) is 5.40. The molecule has 2 aromatic rings. The molecule has 1 heterocycles. The molecule has 9 heteroatoms. The van der Waals surface area contributed by atoms with Crippen LogP contribution in [-0.4, -0.2) is 33.7 Å². The molecular weight excluding hydrogens is 354 g/mol. The number of benzene rings is 1. The van der Waals surface area contributed by atoms with Gasteiger partial charge in [0.1, 0.15) is 12.3 Å². The lowest BCUT2D eigenvalue weighted by molar-refractivity contribution is -0.119. The minimum atomic E-state index is -3.84. The highest BCUT2D eigenvalue weighted by atomic mass is 32.2. The first-order valence-corrected chi connectivity index (χ1v) is 9.34. The van der Waals surface area contributed by atoms with E-state index in [2.05, 4.69) is 5.32 Å². The maximum atomic E-state index is 13.3. The van der Waals surface area contributed by atoms with Crippen molar-refractivity contribution in [2.45, 2.75) is 12.8 Å². The van der Waals surface area contributed by atoms with E-state index in [1.807, 2.05) is 6.07 Å². The van der Waals surface area contributed by atoms with Gasteiger partial charge in [0, 0.05) is 19.0 Å². The fourth-order valence-electron chi connectivity index (χ4n) is 2.17. The van der Waals surface area contributed by atoms with Crippen LogP contribution in [0.15, 0.2) is 41.0 Å². The highest BCUT2D eigenvalue weighted by Gasteiger charge is 2.21. The maximum Gasteiger partial charge on any atom is 0.240 e. The molecule has 136 valence electrons. The Morgan fingerprint density at radius 2 is 2.00 bits per heavy atom. The zero-order valence-electron chi connectivity index (χ0n) is 13.5. The molecule has 0 aliphatic carbocycles. The molecule has 0 bridgehead atoms. The first kappa shape index (κ1) is 18.9. The van der Waals surface area contributed by atoms with Crippen molar-refractivity contribution in [1.29, 1.82) is 0 Å². The van der Waals surface area contributed by atoms with Crippen LogP contribution >= 0.6 is 0 Å². The molecule has 0 radical (unpaired) electrons. The molecule has 1 N–H and O–H groups in total. The number of furan rings is 1. The number of nitrogens with zero attached hydrogens (tertiary/aromatic N) is 1. The predicted octanol–water partition coefficient (Wildman–Crippen LogP) is 2.07. The summed E-state index contributed by atoms with van der Waals surface area (Å²) in [6.45, 7) is -0.195. The fourth-order valence-corrected chi connectivity index (χ4v) is 3.02. The number of hydrogen-bond acceptors (Lipinski definition) is 4. The van der Waals surface area contributed by atoms with Crippen LogP contribution in [0.2, 0.25) is 0 Å². The molecule has 0 unspecified atom stereocenters. The summed E-state index contributed by atoms with van der Waals surface area (Å²) in [5.41, 5.74) is -0.118. The van der Waals surface area contributed by atoms with Crippen LogP contribution in [0.5, 0.6) is 0 Å². The first-order chi connectivity index (χ1) is 11.8. The molecule has 0 saturated heterocycles. The largest absolute Gasteiger partial charge is 0.469 e. The van der Waals surface area contributed by atoms with E-state index in [0.29, 0.717) is 19.4 Å². The third-order valence-electron chi connectivity index (χ3n) is 3.38. The Bertz CT molecular complexity index is 823. The Morgan fingerprint density at radius 1 is 1.24 bits per heavy atom. The molecule has 0 atom stereocenters. The quantitative estimate of drug-likeness (QED) is 0.720. The Labute approximate surface area is 144 Å². The summed E-state index contributed by atoms with van der Waals surface area (Å²) in [5, 5.41) is 2.59. The molecule has 1 aromatic heterocycles. The molecule has 1 aromatic carbocycles. The van der Waals surface area contributed by atoms with E-state index < -0.39 is 34.1 Å². The number of sulfonamides is 1. The molecule has 0 saturated carbocycles. The van der Waals surface area contributed by atoms with Crippen LogP contribution in [0.4, 0.5) is 14.5 Å². The van der Waals surface area contributed by atoms with Gasteiger partial charge in [-0.1, -0.05) is 0 Å². The van der Waals surface area contributed by atoms with Crippen molar-refractivity contribution < 1.29 is 26.4 Å². The normalized spacial score (nSPS) is 11.3. The molecule has 6 nitrogen and oxygen atoms in total. The number of nitrogens with one attached hydrogen (secondary N) is 1. The third-order valence-corrected chi connectivity index (χ3v) is 4.52. The average molecular weight is 372 g/mol. The second kappa shape index (κ2) is 8.11. The van der Waals surface area contributed by atoms with E-state index in [0.717, 1.165) is 34.5 Å². The van der Waals surface area contributed by atoms with Crippen LogP contribution in [0.3, 0.4) is 0 Å². The Hall–Kier alpha value is -2.42. The van der Waals surface area contributed by atoms with Gasteiger partial charge in [0.15, 0.2) is 11.6 Å². The fraction of sp³-hybridized carbons (Fsp3) is 0.312. The second-order valence-corrected chi connectivity index (χ2v) is 7.31. The van der Waals surface area contributed by atoms with Crippen LogP contribution in [-0.2, 0) is 21.2 Å². The van der Waals surface area contributed by atoms with Gasteiger partial charge in [-0.15, -0.1) is 0 Å². The van der Waals surface area contributed by atoms with Crippen LogP contribution in [0.25, 0.3) is 0 Å². The van der Waals surface area contributed by atoms with Crippen LogP contribution < -0.4 is 9.62 Å². The van der Waals surface area contributed by atoms with Crippen molar-refractivity contribution in [1.82, 2.24) is 5.32 Å². The molecule has 25 heavy (non-hydrogen) atoms. The number of carbonyl (C=O) groups excluding carboxylic acids is 1. The van der Waals surface area contributed by atoms with E-state index in [1.54, 1.807) is 12.3 Å². The van der Waals surface area contributed by atoms with Crippen LogP contribution in [0.1, 0.15) is 12.2 Å². The Morgan fingerprint density at radius 3 is 2.60 bits per heavy atom. The molecule has 0 spiro atoms. The number of hydrogen-bond donors (Lipinski definition) is 1. The zero-order valence-corrected chi connectivity index (χ0v) is 14.4. The highest BCUT2D eigenvalue weighted by Crippen LogP contribution is 2.20. The summed E-state index contributed by atoms with van der Waals surface area (Å²) >= 11 is 0. The minimum absolute atomic E-state index is 0.118. The molecule has 0 aliphatic rings. The lowest BCUT2D eigenvalue weighted by atomic mass is 10.2. The van der Waals surface area contributed by atoms with E-state index in [-0.39, 0.29) is 5.69 Å². The number of amides is 1. The monoisotopic (exact) mass is 372 g/mol. The van der Waals surface area contributed by atoms with Gasteiger partial charge in [0.2, 0.25) is 15.9 Å². The maximum absolute atomic E-state index is 13.3. The number of anilines is 1. The van der Waals surface area contributed by atoms with E-state index in [4.69, 9.17) is 4.42 Å². The molecule has 1 amide bonds. The van der Waals surface area contributed by atoms with Crippen molar-refractivity contribution in [3.8, 4) is 0 Å². The summed E-state index contributed by atoms with van der Waals surface area (Å²) < 4.78 is 56.0. The van der Waals surface area contributed by atoms with Gasteiger partial charge in [-0.3, -0.25) is 9.10 Å². The molecule has 2 rings (SSSR count). The van der Waals surface area contributed by atoms with Crippen molar-refractivity contribution in [3.05, 3.63) is 54.0 Å². The van der Waals surface area contributed by atoms with Gasteiger partial charge < -0.3 is 9.73 Å². The van der Waals surface area contributed by atoms with Gasteiger partial charge in [0.25, 0.3) is 0 Å². The van der Waals surface area contributed by atoms with Crippen molar-refractivity contribution in [2.75, 3.05) is 23.7 Å². The summed E-state index contributed by atoms with van der Waals surface area (Å²) in [7, 11) is -3.84.